The zero-order chi connectivity index (χ0) is 10.8. The monoisotopic (exact) mass is 225 g/mol. The third-order valence-corrected chi connectivity index (χ3v) is 4.03. The maximum atomic E-state index is 4.47. The molecule has 2 unspecified atom stereocenters. The summed E-state index contributed by atoms with van der Waals surface area (Å²) in [5.74, 6) is 0. The summed E-state index contributed by atoms with van der Waals surface area (Å²) in [5, 5.41) is 4.72. The van der Waals surface area contributed by atoms with E-state index in [1.807, 2.05) is 17.5 Å². The summed E-state index contributed by atoms with van der Waals surface area (Å²) in [5.41, 5.74) is 0. The number of piperazine rings is 1. The Morgan fingerprint density at radius 1 is 1.67 bits per heavy atom. The maximum absolute atomic E-state index is 4.47. The van der Waals surface area contributed by atoms with Crippen molar-refractivity contribution in [2.24, 2.45) is 0 Å². The van der Waals surface area contributed by atoms with Gasteiger partial charge in [0.1, 0.15) is 5.01 Å². The molecular weight excluding hydrogens is 206 g/mol. The Bertz CT molecular complexity index is 323. The first-order valence-electron chi connectivity index (χ1n) is 5.56. The smallest absolute Gasteiger partial charge is 0.110 e. The number of hydrogen-bond acceptors (Lipinski definition) is 4. The van der Waals surface area contributed by atoms with Gasteiger partial charge in [-0.3, -0.25) is 4.90 Å². The van der Waals surface area contributed by atoms with Gasteiger partial charge in [-0.2, -0.15) is 0 Å². The Kier molecular flexibility index (Phi) is 3.38. The summed E-state index contributed by atoms with van der Waals surface area (Å²) >= 11 is 1.82. The van der Waals surface area contributed by atoms with E-state index in [9.17, 15) is 0 Å². The van der Waals surface area contributed by atoms with Gasteiger partial charge in [-0.25, -0.2) is 4.98 Å². The van der Waals surface area contributed by atoms with Crippen molar-refractivity contribution >= 4 is 11.3 Å². The van der Waals surface area contributed by atoms with Crippen LogP contribution in [-0.4, -0.2) is 35.6 Å². The van der Waals surface area contributed by atoms with Gasteiger partial charge in [0, 0.05) is 36.8 Å². The van der Waals surface area contributed by atoms with E-state index in [-0.39, 0.29) is 0 Å². The molecule has 0 saturated carbocycles. The van der Waals surface area contributed by atoms with Crippen LogP contribution in [-0.2, 0) is 0 Å². The van der Waals surface area contributed by atoms with E-state index in [2.05, 4.69) is 36.0 Å². The van der Waals surface area contributed by atoms with Gasteiger partial charge in [0.15, 0.2) is 0 Å². The number of rotatable bonds is 2. The summed E-state index contributed by atoms with van der Waals surface area (Å²) in [6, 6.07) is 1.07. The number of aryl methyl sites for hydroxylation is 1. The molecule has 2 atom stereocenters. The molecule has 1 aliphatic heterocycles. The summed E-state index contributed by atoms with van der Waals surface area (Å²) in [6.07, 6.45) is 1.97. The highest BCUT2D eigenvalue weighted by Gasteiger charge is 2.23. The van der Waals surface area contributed by atoms with Crippen LogP contribution in [0.2, 0.25) is 0 Å². The zero-order valence-corrected chi connectivity index (χ0v) is 10.5. The minimum atomic E-state index is 0.466. The number of nitrogens with zero attached hydrogens (tertiary/aromatic N) is 2. The van der Waals surface area contributed by atoms with Crippen LogP contribution in [0.1, 0.15) is 29.8 Å². The lowest BCUT2D eigenvalue weighted by molar-refractivity contribution is 0.158. The molecule has 1 aromatic rings. The second-order valence-corrected chi connectivity index (χ2v) is 5.60. The van der Waals surface area contributed by atoms with E-state index in [0.717, 1.165) is 19.6 Å². The molecule has 1 aliphatic rings. The fourth-order valence-electron chi connectivity index (χ4n) is 2.04. The third kappa shape index (κ3) is 2.56. The van der Waals surface area contributed by atoms with Crippen LogP contribution in [0.25, 0.3) is 0 Å². The largest absolute Gasteiger partial charge is 0.312 e. The van der Waals surface area contributed by atoms with E-state index in [0.29, 0.717) is 12.1 Å². The minimum Gasteiger partial charge on any atom is -0.312 e. The molecule has 15 heavy (non-hydrogen) atoms. The number of aromatic nitrogens is 1. The van der Waals surface area contributed by atoms with Crippen LogP contribution in [0.15, 0.2) is 6.20 Å². The van der Waals surface area contributed by atoms with Gasteiger partial charge in [-0.1, -0.05) is 0 Å². The number of nitrogens with one attached hydrogen (secondary N) is 1. The molecule has 1 fully saturated rings. The lowest BCUT2D eigenvalue weighted by Gasteiger charge is -2.35. The van der Waals surface area contributed by atoms with Gasteiger partial charge < -0.3 is 5.32 Å². The fraction of sp³-hybridized carbons (Fsp3) is 0.727. The van der Waals surface area contributed by atoms with Crippen molar-refractivity contribution in [2.75, 3.05) is 19.6 Å². The standard InChI is InChI=1S/C11H19N3S/c1-8-7-14(5-4-12-8)10(3)11-13-6-9(2)15-11/h6,8,10,12H,4-5,7H2,1-3H3. The van der Waals surface area contributed by atoms with Gasteiger partial charge in [0.2, 0.25) is 0 Å². The van der Waals surface area contributed by atoms with Crippen LogP contribution < -0.4 is 5.32 Å². The van der Waals surface area contributed by atoms with Gasteiger partial charge in [-0.05, 0) is 20.8 Å². The SMILES string of the molecule is Cc1cnc(C(C)N2CCNC(C)C2)s1. The highest BCUT2D eigenvalue weighted by molar-refractivity contribution is 7.11. The van der Waals surface area contributed by atoms with Crippen molar-refractivity contribution in [2.45, 2.75) is 32.9 Å². The van der Waals surface area contributed by atoms with E-state index < -0.39 is 0 Å². The quantitative estimate of drug-likeness (QED) is 0.832. The van der Waals surface area contributed by atoms with E-state index >= 15 is 0 Å². The van der Waals surface area contributed by atoms with E-state index in [1.54, 1.807) is 0 Å². The first-order valence-corrected chi connectivity index (χ1v) is 6.38. The lowest BCUT2D eigenvalue weighted by atomic mass is 10.2. The van der Waals surface area contributed by atoms with Crippen LogP contribution >= 0.6 is 11.3 Å². The van der Waals surface area contributed by atoms with Gasteiger partial charge in [0.25, 0.3) is 0 Å². The Labute approximate surface area is 95.5 Å². The minimum absolute atomic E-state index is 0.466. The second kappa shape index (κ2) is 4.60. The molecule has 3 nitrogen and oxygen atoms in total. The molecule has 0 aliphatic carbocycles. The van der Waals surface area contributed by atoms with Crippen molar-refractivity contribution in [1.82, 2.24) is 15.2 Å². The van der Waals surface area contributed by atoms with Crippen LogP contribution in [0.3, 0.4) is 0 Å². The average Bonchev–Trinajstić information content (AvgIpc) is 2.64. The molecule has 0 aromatic carbocycles. The third-order valence-electron chi connectivity index (χ3n) is 2.94. The lowest BCUT2D eigenvalue weighted by Crippen LogP contribution is -2.49. The van der Waals surface area contributed by atoms with Crippen molar-refractivity contribution in [3.63, 3.8) is 0 Å². The predicted molar refractivity (Wildman–Crippen MR) is 64.3 cm³/mol. The van der Waals surface area contributed by atoms with Crippen molar-refractivity contribution in [3.8, 4) is 0 Å². The number of hydrogen-bond donors (Lipinski definition) is 1. The Hall–Kier alpha value is -0.450. The fourth-order valence-corrected chi connectivity index (χ4v) is 2.90. The Balaban J connectivity index is 2.03. The molecule has 2 rings (SSSR count). The topological polar surface area (TPSA) is 28.2 Å². The summed E-state index contributed by atoms with van der Waals surface area (Å²) in [7, 11) is 0. The average molecular weight is 225 g/mol. The van der Waals surface area contributed by atoms with E-state index in [1.165, 1.54) is 9.88 Å². The van der Waals surface area contributed by atoms with E-state index in [4.69, 9.17) is 0 Å². The number of thiazole rings is 1. The molecule has 1 N–H and O–H groups in total. The Morgan fingerprint density at radius 2 is 2.47 bits per heavy atom. The first kappa shape index (κ1) is 11.0. The van der Waals surface area contributed by atoms with Crippen molar-refractivity contribution in [1.29, 1.82) is 0 Å². The normalized spacial score (nSPS) is 25.4. The molecule has 4 heteroatoms. The molecule has 84 valence electrons. The summed E-state index contributed by atoms with van der Waals surface area (Å²) < 4.78 is 0. The van der Waals surface area contributed by atoms with Crippen molar-refractivity contribution in [3.05, 3.63) is 16.1 Å². The van der Waals surface area contributed by atoms with Crippen LogP contribution in [0.5, 0.6) is 0 Å². The molecule has 2 heterocycles. The molecule has 1 aromatic heterocycles. The molecule has 0 spiro atoms. The summed E-state index contributed by atoms with van der Waals surface area (Å²) in [6.45, 7) is 9.97. The molecule has 0 amide bonds. The van der Waals surface area contributed by atoms with Crippen molar-refractivity contribution < 1.29 is 0 Å². The molecular formula is C11H19N3S. The second-order valence-electron chi connectivity index (χ2n) is 4.34. The highest BCUT2D eigenvalue weighted by atomic mass is 32.1. The zero-order valence-electron chi connectivity index (χ0n) is 9.66. The molecule has 0 bridgehead atoms. The summed E-state index contributed by atoms with van der Waals surface area (Å²) in [4.78, 5) is 8.29. The highest BCUT2D eigenvalue weighted by Crippen LogP contribution is 2.25. The molecule has 0 radical (unpaired) electrons. The Morgan fingerprint density at radius 3 is 3.07 bits per heavy atom. The van der Waals surface area contributed by atoms with Gasteiger partial charge in [0.05, 0.1) is 6.04 Å². The molecule has 1 saturated heterocycles. The first-order chi connectivity index (χ1) is 7.16. The van der Waals surface area contributed by atoms with Crippen LogP contribution in [0, 0.1) is 6.92 Å². The predicted octanol–water partition coefficient (Wildman–Crippen LogP) is 1.81. The van der Waals surface area contributed by atoms with Gasteiger partial charge >= 0.3 is 0 Å². The maximum Gasteiger partial charge on any atom is 0.110 e. The van der Waals surface area contributed by atoms with Crippen LogP contribution in [0.4, 0.5) is 0 Å². The van der Waals surface area contributed by atoms with Gasteiger partial charge in [-0.15, -0.1) is 11.3 Å².